The lowest BCUT2D eigenvalue weighted by Gasteiger charge is -2.16. The Bertz CT molecular complexity index is 441. The summed E-state index contributed by atoms with van der Waals surface area (Å²) in [7, 11) is 1.30. The summed E-state index contributed by atoms with van der Waals surface area (Å²) < 4.78 is 34.0. The number of methoxy groups -OCH3 is 1. The van der Waals surface area contributed by atoms with Crippen LogP contribution in [0.5, 0.6) is 11.5 Å². The highest BCUT2D eigenvalue weighted by Crippen LogP contribution is 2.32. The van der Waals surface area contributed by atoms with E-state index in [1.807, 2.05) is 0 Å². The van der Waals surface area contributed by atoms with Gasteiger partial charge in [0.1, 0.15) is 0 Å². The van der Waals surface area contributed by atoms with Gasteiger partial charge in [0.2, 0.25) is 0 Å². The van der Waals surface area contributed by atoms with Crippen molar-refractivity contribution >= 4 is 5.91 Å². The van der Waals surface area contributed by atoms with E-state index in [9.17, 15) is 13.6 Å². The molecule has 0 aliphatic heterocycles. The summed E-state index contributed by atoms with van der Waals surface area (Å²) in [5.74, 6) is -0.775. The number of ether oxygens (including phenoxy) is 2. The van der Waals surface area contributed by atoms with E-state index in [1.165, 1.54) is 25.3 Å². The van der Waals surface area contributed by atoms with Crippen LogP contribution in [0.15, 0.2) is 18.2 Å². The van der Waals surface area contributed by atoms with Crippen LogP contribution in [0.4, 0.5) is 8.78 Å². The highest BCUT2D eigenvalue weighted by molar-refractivity contribution is 5.98. The van der Waals surface area contributed by atoms with Gasteiger partial charge in [0.25, 0.3) is 5.91 Å². The monoisotopic (exact) mass is 274 g/mol. The van der Waals surface area contributed by atoms with Crippen LogP contribution in [0, 0.1) is 0 Å². The molecule has 0 radical (unpaired) electrons. The van der Waals surface area contributed by atoms with E-state index in [1.54, 1.807) is 6.92 Å². The summed E-state index contributed by atoms with van der Waals surface area (Å²) in [6.45, 7) is -1.11. The van der Waals surface area contributed by atoms with Crippen molar-refractivity contribution in [3.05, 3.63) is 23.8 Å². The predicted molar refractivity (Wildman–Crippen MR) is 65.6 cm³/mol. The Morgan fingerprint density at radius 1 is 1.47 bits per heavy atom. The standard InChI is InChI=1S/C12H16F2N2O3/c1-7(6-15)16-11(17)8-4-3-5-9(18-2)10(8)19-12(13)14/h3-5,7,12H,6,15H2,1-2H3,(H,16,17)/t7-/m0/s1. The molecule has 0 aliphatic carbocycles. The minimum Gasteiger partial charge on any atom is -0.493 e. The van der Waals surface area contributed by atoms with Crippen LogP contribution in [0.25, 0.3) is 0 Å². The largest absolute Gasteiger partial charge is 0.493 e. The SMILES string of the molecule is COc1cccc(C(=O)N[C@@H](C)CN)c1OC(F)F. The molecule has 1 amide bonds. The van der Waals surface area contributed by atoms with E-state index in [0.717, 1.165) is 0 Å². The minimum atomic E-state index is -3.05. The third-order valence-electron chi connectivity index (χ3n) is 2.38. The number of para-hydroxylation sites is 1. The molecule has 3 N–H and O–H groups in total. The number of benzene rings is 1. The van der Waals surface area contributed by atoms with E-state index in [4.69, 9.17) is 10.5 Å². The number of amides is 1. The Morgan fingerprint density at radius 2 is 2.16 bits per heavy atom. The number of alkyl halides is 2. The van der Waals surface area contributed by atoms with Gasteiger partial charge < -0.3 is 20.5 Å². The van der Waals surface area contributed by atoms with E-state index >= 15 is 0 Å². The van der Waals surface area contributed by atoms with Crippen LogP contribution < -0.4 is 20.5 Å². The smallest absolute Gasteiger partial charge is 0.387 e. The van der Waals surface area contributed by atoms with Crippen LogP contribution in [0.1, 0.15) is 17.3 Å². The van der Waals surface area contributed by atoms with Gasteiger partial charge in [0.05, 0.1) is 12.7 Å². The Labute approximate surface area is 109 Å². The molecular weight excluding hydrogens is 258 g/mol. The summed E-state index contributed by atoms with van der Waals surface area (Å²) in [6.07, 6.45) is 0. The van der Waals surface area contributed by atoms with Gasteiger partial charge in [0.15, 0.2) is 11.5 Å². The lowest BCUT2D eigenvalue weighted by molar-refractivity contribution is -0.0515. The number of hydrogen-bond donors (Lipinski definition) is 2. The number of halogens is 2. The lowest BCUT2D eigenvalue weighted by Crippen LogP contribution is -2.38. The molecule has 0 saturated carbocycles. The maximum Gasteiger partial charge on any atom is 0.387 e. The maximum absolute atomic E-state index is 12.4. The van der Waals surface area contributed by atoms with Gasteiger partial charge in [-0.25, -0.2) is 0 Å². The first-order chi connectivity index (χ1) is 8.99. The molecule has 0 saturated heterocycles. The second kappa shape index (κ2) is 6.89. The second-order valence-corrected chi connectivity index (χ2v) is 3.83. The summed E-state index contributed by atoms with van der Waals surface area (Å²) in [4.78, 5) is 11.9. The van der Waals surface area contributed by atoms with E-state index in [-0.39, 0.29) is 29.6 Å². The molecule has 19 heavy (non-hydrogen) atoms. The fourth-order valence-electron chi connectivity index (χ4n) is 1.43. The first kappa shape index (κ1) is 15.2. The van der Waals surface area contributed by atoms with Crippen molar-refractivity contribution in [2.45, 2.75) is 19.6 Å². The molecule has 106 valence electrons. The van der Waals surface area contributed by atoms with Gasteiger partial charge in [-0.15, -0.1) is 0 Å². The summed E-state index contributed by atoms with van der Waals surface area (Å²) in [5, 5.41) is 2.57. The lowest BCUT2D eigenvalue weighted by atomic mass is 10.1. The van der Waals surface area contributed by atoms with Crippen LogP contribution in [-0.4, -0.2) is 32.2 Å². The molecule has 1 aromatic carbocycles. The Hall–Kier alpha value is -1.89. The maximum atomic E-state index is 12.4. The van der Waals surface area contributed by atoms with Gasteiger partial charge in [-0.05, 0) is 19.1 Å². The van der Waals surface area contributed by atoms with Crippen LogP contribution in [0.2, 0.25) is 0 Å². The van der Waals surface area contributed by atoms with Crippen molar-refractivity contribution in [3.8, 4) is 11.5 Å². The van der Waals surface area contributed by atoms with Crippen molar-refractivity contribution in [3.63, 3.8) is 0 Å². The van der Waals surface area contributed by atoms with Crippen LogP contribution in [0.3, 0.4) is 0 Å². The average Bonchev–Trinajstić information content (AvgIpc) is 2.37. The second-order valence-electron chi connectivity index (χ2n) is 3.83. The molecule has 0 spiro atoms. The van der Waals surface area contributed by atoms with Gasteiger partial charge in [-0.1, -0.05) is 6.07 Å². The van der Waals surface area contributed by atoms with Gasteiger partial charge >= 0.3 is 6.61 Å². The molecule has 0 heterocycles. The molecule has 5 nitrogen and oxygen atoms in total. The zero-order valence-electron chi connectivity index (χ0n) is 10.7. The average molecular weight is 274 g/mol. The van der Waals surface area contributed by atoms with Crippen LogP contribution in [-0.2, 0) is 0 Å². The first-order valence-electron chi connectivity index (χ1n) is 5.62. The fraction of sp³-hybridized carbons (Fsp3) is 0.417. The number of rotatable bonds is 6. The molecule has 0 unspecified atom stereocenters. The topological polar surface area (TPSA) is 73.6 Å². The molecule has 1 aromatic rings. The highest BCUT2D eigenvalue weighted by atomic mass is 19.3. The van der Waals surface area contributed by atoms with Gasteiger partial charge in [0, 0.05) is 12.6 Å². The Kier molecular flexibility index (Phi) is 5.50. The number of nitrogens with one attached hydrogen (secondary N) is 1. The van der Waals surface area contributed by atoms with E-state index in [0.29, 0.717) is 0 Å². The van der Waals surface area contributed by atoms with Crippen molar-refractivity contribution in [1.82, 2.24) is 5.32 Å². The number of hydrogen-bond acceptors (Lipinski definition) is 4. The molecule has 0 aliphatic rings. The Balaban J connectivity index is 3.07. The third kappa shape index (κ3) is 4.06. The van der Waals surface area contributed by atoms with E-state index < -0.39 is 12.5 Å². The molecule has 1 rings (SSSR count). The van der Waals surface area contributed by atoms with E-state index in [2.05, 4.69) is 10.1 Å². The highest BCUT2D eigenvalue weighted by Gasteiger charge is 2.20. The molecule has 0 aromatic heterocycles. The van der Waals surface area contributed by atoms with Crippen molar-refractivity contribution in [2.75, 3.05) is 13.7 Å². The minimum absolute atomic E-state index is 0.0278. The first-order valence-corrected chi connectivity index (χ1v) is 5.62. The zero-order valence-corrected chi connectivity index (χ0v) is 10.7. The predicted octanol–water partition coefficient (Wildman–Crippen LogP) is 1.37. The van der Waals surface area contributed by atoms with Crippen molar-refractivity contribution in [2.24, 2.45) is 5.73 Å². The van der Waals surface area contributed by atoms with Gasteiger partial charge in [-0.2, -0.15) is 8.78 Å². The molecular formula is C12H16F2N2O3. The van der Waals surface area contributed by atoms with Crippen molar-refractivity contribution < 1.29 is 23.0 Å². The fourth-order valence-corrected chi connectivity index (χ4v) is 1.43. The zero-order chi connectivity index (χ0) is 14.4. The Morgan fingerprint density at radius 3 is 2.68 bits per heavy atom. The van der Waals surface area contributed by atoms with Crippen molar-refractivity contribution in [1.29, 1.82) is 0 Å². The summed E-state index contributed by atoms with van der Waals surface area (Å²) in [5.41, 5.74) is 5.35. The number of nitrogens with two attached hydrogens (primary N) is 1. The number of carbonyl (C=O) groups excluding carboxylic acids is 1. The molecule has 0 fully saturated rings. The summed E-state index contributed by atoms with van der Waals surface area (Å²) >= 11 is 0. The van der Waals surface area contributed by atoms with Crippen LogP contribution >= 0.6 is 0 Å². The number of carbonyl (C=O) groups is 1. The quantitative estimate of drug-likeness (QED) is 0.821. The normalized spacial score (nSPS) is 12.1. The third-order valence-corrected chi connectivity index (χ3v) is 2.38. The molecule has 0 bridgehead atoms. The molecule has 1 atom stereocenters. The molecule has 7 heteroatoms. The summed E-state index contributed by atoms with van der Waals surface area (Å²) in [6, 6.07) is 4.04. The van der Waals surface area contributed by atoms with Gasteiger partial charge in [-0.3, -0.25) is 4.79 Å².